The summed E-state index contributed by atoms with van der Waals surface area (Å²) in [6.07, 6.45) is 3.89. The lowest BCUT2D eigenvalue weighted by atomic mass is 10.00. The van der Waals surface area contributed by atoms with Crippen molar-refractivity contribution in [1.29, 1.82) is 0 Å². The number of nitrogens with zero attached hydrogens (tertiary/aromatic N) is 4. The van der Waals surface area contributed by atoms with Crippen LogP contribution < -0.4 is 5.32 Å². The molecule has 0 unspecified atom stereocenters. The van der Waals surface area contributed by atoms with E-state index < -0.39 is 0 Å². The van der Waals surface area contributed by atoms with E-state index in [-0.39, 0.29) is 17.7 Å². The molecule has 4 rings (SSSR count). The van der Waals surface area contributed by atoms with Crippen LogP contribution in [0.3, 0.4) is 0 Å². The van der Waals surface area contributed by atoms with Crippen molar-refractivity contribution in [2.45, 2.75) is 59.0 Å². The van der Waals surface area contributed by atoms with Crippen LogP contribution in [0.25, 0.3) is 11.1 Å². The molecule has 0 radical (unpaired) electrons. The van der Waals surface area contributed by atoms with E-state index in [1.54, 1.807) is 14.0 Å². The number of nitrogens with one attached hydrogen (secondary N) is 1. The van der Waals surface area contributed by atoms with Crippen molar-refractivity contribution in [3.63, 3.8) is 0 Å². The van der Waals surface area contributed by atoms with Gasteiger partial charge in [-0.15, -0.1) is 0 Å². The zero-order chi connectivity index (χ0) is 20.8. The van der Waals surface area contributed by atoms with Gasteiger partial charge in [0.15, 0.2) is 5.78 Å². The minimum atomic E-state index is -0.0162. The Bertz CT molecular complexity index is 1080. The zero-order valence-electron chi connectivity index (χ0n) is 17.6. The number of fused-ring (bicyclic) bond motifs is 1. The number of aryl methyl sites for hydroxylation is 2. The van der Waals surface area contributed by atoms with Gasteiger partial charge in [0.25, 0.3) is 0 Å². The van der Waals surface area contributed by atoms with E-state index in [1.807, 2.05) is 18.5 Å². The maximum absolute atomic E-state index is 13.4. The largest absolute Gasteiger partial charge is 0.442 e. The highest BCUT2D eigenvalue weighted by molar-refractivity contribution is 6.11. The van der Waals surface area contributed by atoms with Crippen LogP contribution >= 0.6 is 0 Å². The van der Waals surface area contributed by atoms with Gasteiger partial charge >= 0.3 is 0 Å². The van der Waals surface area contributed by atoms with E-state index in [0.717, 1.165) is 29.8 Å². The maximum atomic E-state index is 13.4. The number of carbonyl (C=O) groups excluding carboxylic acids is 1. The summed E-state index contributed by atoms with van der Waals surface area (Å²) in [4.78, 5) is 22.0. The number of aromatic nitrogens is 4. The highest BCUT2D eigenvalue weighted by Gasteiger charge is 2.38. The molecule has 0 aromatic carbocycles. The average molecular weight is 397 g/mol. The summed E-state index contributed by atoms with van der Waals surface area (Å²) in [5.74, 6) is 1.22. The number of hydrogen-bond donors (Lipinski definition) is 1. The number of methoxy groups -OCH3 is 1. The van der Waals surface area contributed by atoms with E-state index in [1.165, 1.54) is 6.33 Å². The number of ether oxygens (including phenoxy) is 1. The summed E-state index contributed by atoms with van der Waals surface area (Å²) in [6.45, 7) is 9.11. The molecule has 3 heterocycles. The first-order valence-corrected chi connectivity index (χ1v) is 9.90. The third kappa shape index (κ3) is 3.64. The van der Waals surface area contributed by atoms with Gasteiger partial charge in [0, 0.05) is 30.3 Å². The van der Waals surface area contributed by atoms with Crippen LogP contribution in [-0.4, -0.2) is 44.8 Å². The predicted octanol–water partition coefficient (Wildman–Crippen LogP) is 3.38. The molecule has 1 saturated carbocycles. The van der Waals surface area contributed by atoms with E-state index in [0.29, 0.717) is 41.4 Å². The summed E-state index contributed by atoms with van der Waals surface area (Å²) in [5, 5.41) is 8.70. The average Bonchev–Trinajstić information content (AvgIpc) is 3.20. The Morgan fingerprint density at radius 2 is 2.07 bits per heavy atom. The van der Waals surface area contributed by atoms with E-state index in [9.17, 15) is 4.79 Å². The van der Waals surface area contributed by atoms with Gasteiger partial charge in [-0.3, -0.25) is 9.48 Å². The van der Waals surface area contributed by atoms with Gasteiger partial charge in [0.05, 0.1) is 29.8 Å². The van der Waals surface area contributed by atoms with Crippen molar-refractivity contribution in [3.8, 4) is 0 Å². The van der Waals surface area contributed by atoms with Crippen molar-refractivity contribution in [2.75, 3.05) is 19.0 Å². The van der Waals surface area contributed by atoms with Gasteiger partial charge in [-0.25, -0.2) is 9.97 Å². The van der Waals surface area contributed by atoms with Gasteiger partial charge in [0.2, 0.25) is 5.71 Å². The Morgan fingerprint density at radius 1 is 1.31 bits per heavy atom. The molecule has 8 nitrogen and oxygen atoms in total. The van der Waals surface area contributed by atoms with E-state index in [4.69, 9.17) is 9.15 Å². The second-order valence-electron chi connectivity index (χ2n) is 8.09. The molecule has 1 aliphatic rings. The quantitative estimate of drug-likeness (QED) is 0.582. The third-order valence-electron chi connectivity index (χ3n) is 5.74. The molecule has 0 saturated heterocycles. The number of anilines is 1. The van der Waals surface area contributed by atoms with Crippen LogP contribution in [0.4, 0.5) is 5.82 Å². The monoisotopic (exact) mass is 397 g/mol. The van der Waals surface area contributed by atoms with E-state index in [2.05, 4.69) is 27.3 Å². The predicted molar refractivity (Wildman–Crippen MR) is 109 cm³/mol. The molecule has 3 aromatic rings. The number of Topliss-reactive ketones (excluding diaryl/α,β-unsaturated/α-hetero) is 1. The lowest BCUT2D eigenvalue weighted by Gasteiger charge is -2.13. The highest BCUT2D eigenvalue weighted by Crippen LogP contribution is 2.40. The molecule has 0 amide bonds. The van der Waals surface area contributed by atoms with Gasteiger partial charge in [-0.2, -0.15) is 5.10 Å². The second-order valence-corrected chi connectivity index (χ2v) is 8.09. The van der Waals surface area contributed by atoms with Crippen LogP contribution in [0.1, 0.15) is 52.8 Å². The normalized spacial score (nSPS) is 15.1. The third-order valence-corrected chi connectivity index (χ3v) is 5.74. The molecule has 1 aliphatic carbocycles. The molecule has 0 bridgehead atoms. The fraction of sp³-hybridized carbons (Fsp3) is 0.524. The number of carbonyl (C=O) groups is 1. The van der Waals surface area contributed by atoms with Crippen molar-refractivity contribution >= 4 is 22.7 Å². The Hall–Kier alpha value is -2.74. The van der Waals surface area contributed by atoms with Crippen molar-refractivity contribution in [3.05, 3.63) is 34.6 Å². The number of hydrogen-bond acceptors (Lipinski definition) is 7. The maximum Gasteiger partial charge on any atom is 0.232 e. The first-order valence-electron chi connectivity index (χ1n) is 9.90. The minimum Gasteiger partial charge on any atom is -0.442 e. The second kappa shape index (κ2) is 7.26. The molecule has 154 valence electrons. The van der Waals surface area contributed by atoms with E-state index >= 15 is 0 Å². The first-order chi connectivity index (χ1) is 13.8. The van der Waals surface area contributed by atoms with Gasteiger partial charge in [-0.1, -0.05) is 0 Å². The standard InChI is InChI=1S/C21H27N5O3/c1-12-15(13(2)26(25-12)8-9-28-5)10-16(27)17-14(3)29-20-18(17)19(22-11-23-20)24-21(4)6-7-21/h11H,6-10H2,1-5H3,(H,22,23,24). The van der Waals surface area contributed by atoms with Crippen LogP contribution in [0.5, 0.6) is 0 Å². The molecule has 29 heavy (non-hydrogen) atoms. The summed E-state index contributed by atoms with van der Waals surface area (Å²) in [5.41, 5.74) is 3.81. The summed E-state index contributed by atoms with van der Waals surface area (Å²) in [7, 11) is 1.67. The first kappa shape index (κ1) is 19.6. The lowest BCUT2D eigenvalue weighted by Crippen LogP contribution is -2.18. The fourth-order valence-corrected chi connectivity index (χ4v) is 3.71. The van der Waals surface area contributed by atoms with Crippen LogP contribution in [-0.2, 0) is 17.7 Å². The summed E-state index contributed by atoms with van der Waals surface area (Å²) >= 11 is 0. The zero-order valence-corrected chi connectivity index (χ0v) is 17.6. The van der Waals surface area contributed by atoms with Gasteiger partial charge in [-0.05, 0) is 40.5 Å². The Labute approximate surface area is 169 Å². The number of ketones is 1. The van der Waals surface area contributed by atoms with Crippen molar-refractivity contribution in [2.24, 2.45) is 0 Å². The molecule has 8 heteroatoms. The lowest BCUT2D eigenvalue weighted by molar-refractivity contribution is 0.0992. The van der Waals surface area contributed by atoms with Crippen LogP contribution in [0.15, 0.2) is 10.7 Å². The highest BCUT2D eigenvalue weighted by atomic mass is 16.5. The van der Waals surface area contributed by atoms with Crippen LogP contribution in [0.2, 0.25) is 0 Å². The number of rotatable bonds is 8. The van der Waals surface area contributed by atoms with Crippen LogP contribution in [0, 0.1) is 20.8 Å². The topological polar surface area (TPSA) is 95.1 Å². The summed E-state index contributed by atoms with van der Waals surface area (Å²) in [6, 6.07) is 0. The molecule has 3 aromatic heterocycles. The Morgan fingerprint density at radius 3 is 2.76 bits per heavy atom. The summed E-state index contributed by atoms with van der Waals surface area (Å²) < 4.78 is 12.8. The molecular formula is C21H27N5O3. The minimum absolute atomic E-state index is 0.0162. The SMILES string of the molecule is COCCn1nc(C)c(CC(=O)c2c(C)oc3ncnc(NC4(C)CC4)c23)c1C. The molecule has 0 aliphatic heterocycles. The number of furan rings is 1. The van der Waals surface area contributed by atoms with Gasteiger partial charge in [0.1, 0.15) is 17.9 Å². The van der Waals surface area contributed by atoms with Gasteiger partial charge < -0.3 is 14.5 Å². The van der Waals surface area contributed by atoms with Crippen molar-refractivity contribution < 1.29 is 13.9 Å². The molecule has 0 spiro atoms. The Kier molecular flexibility index (Phi) is 4.90. The fourth-order valence-electron chi connectivity index (χ4n) is 3.71. The molecular weight excluding hydrogens is 370 g/mol. The molecule has 1 N–H and O–H groups in total. The molecule has 1 fully saturated rings. The molecule has 0 atom stereocenters. The Balaban J connectivity index is 1.69. The smallest absolute Gasteiger partial charge is 0.232 e. The van der Waals surface area contributed by atoms with Crippen molar-refractivity contribution in [1.82, 2.24) is 19.7 Å².